The Hall–Kier alpha value is -2.93. The molecular formula is C16H14N4O2S. The Balaban J connectivity index is 2.07. The number of aromatic nitrogens is 3. The van der Waals surface area contributed by atoms with Crippen LogP contribution in [0.5, 0.6) is 11.5 Å². The van der Waals surface area contributed by atoms with E-state index >= 15 is 0 Å². The van der Waals surface area contributed by atoms with Crippen molar-refractivity contribution >= 4 is 18.4 Å². The fraction of sp³-hybridized carbons (Fsp3) is 0.0625. The molecule has 0 aliphatic rings. The zero-order valence-corrected chi connectivity index (χ0v) is 13.1. The predicted octanol–water partition coefficient (Wildman–Crippen LogP) is 3.20. The molecule has 23 heavy (non-hydrogen) atoms. The number of H-pyrrole nitrogens is 1. The van der Waals surface area contributed by atoms with Crippen molar-refractivity contribution in [2.45, 2.75) is 0 Å². The van der Waals surface area contributed by atoms with Crippen molar-refractivity contribution in [3.63, 3.8) is 0 Å². The minimum absolute atomic E-state index is 0.144. The molecule has 2 N–H and O–H groups in total. The smallest absolute Gasteiger partial charge is 0.216 e. The van der Waals surface area contributed by atoms with E-state index in [9.17, 15) is 5.11 Å². The highest BCUT2D eigenvalue weighted by Crippen LogP contribution is 2.28. The van der Waals surface area contributed by atoms with Crippen LogP contribution in [-0.4, -0.2) is 33.3 Å². The lowest BCUT2D eigenvalue weighted by Gasteiger charge is -2.06. The highest BCUT2D eigenvalue weighted by atomic mass is 32.1. The number of hydrogen-bond acceptors (Lipinski definition) is 5. The molecule has 0 fully saturated rings. The molecular weight excluding hydrogens is 312 g/mol. The second-order valence-corrected chi connectivity index (χ2v) is 5.05. The van der Waals surface area contributed by atoms with E-state index in [1.54, 1.807) is 25.3 Å². The van der Waals surface area contributed by atoms with Gasteiger partial charge in [-0.2, -0.15) is 14.9 Å². The SMILES string of the molecule is COc1ccccc1-c1n[nH]c(=S)n1N=Cc1ccccc1O. The Morgan fingerprint density at radius 3 is 2.74 bits per heavy atom. The fourth-order valence-electron chi connectivity index (χ4n) is 2.12. The number of hydrogen-bond donors (Lipinski definition) is 2. The van der Waals surface area contributed by atoms with Gasteiger partial charge >= 0.3 is 0 Å². The van der Waals surface area contributed by atoms with Crippen molar-refractivity contribution in [2.24, 2.45) is 5.10 Å². The van der Waals surface area contributed by atoms with Gasteiger partial charge in [0.1, 0.15) is 11.5 Å². The number of para-hydroxylation sites is 2. The van der Waals surface area contributed by atoms with Crippen molar-refractivity contribution < 1.29 is 9.84 Å². The van der Waals surface area contributed by atoms with Gasteiger partial charge in [-0.25, -0.2) is 5.10 Å². The molecule has 0 atom stereocenters. The molecule has 3 rings (SSSR count). The largest absolute Gasteiger partial charge is 0.507 e. The summed E-state index contributed by atoms with van der Waals surface area (Å²) in [5, 5.41) is 21.1. The van der Waals surface area contributed by atoms with Gasteiger partial charge in [-0.1, -0.05) is 24.3 Å². The van der Waals surface area contributed by atoms with E-state index < -0.39 is 0 Å². The molecule has 0 spiro atoms. The van der Waals surface area contributed by atoms with Crippen LogP contribution in [-0.2, 0) is 0 Å². The standard InChI is InChI=1S/C16H14N4O2S/c1-22-14-9-5-3-7-12(14)15-18-19-16(23)20(15)17-10-11-6-2-4-8-13(11)21/h2-10,21H,1H3,(H,19,23). The van der Waals surface area contributed by atoms with Gasteiger partial charge in [-0.05, 0) is 36.5 Å². The zero-order valence-electron chi connectivity index (χ0n) is 12.3. The number of ether oxygens (including phenoxy) is 1. The first kappa shape index (κ1) is 15.0. The number of benzene rings is 2. The number of phenols is 1. The van der Waals surface area contributed by atoms with E-state index in [2.05, 4.69) is 15.3 Å². The molecule has 6 nitrogen and oxygen atoms in total. The minimum Gasteiger partial charge on any atom is -0.507 e. The molecule has 0 aliphatic heterocycles. The highest BCUT2D eigenvalue weighted by Gasteiger charge is 2.12. The van der Waals surface area contributed by atoms with E-state index in [1.807, 2.05) is 30.3 Å². The molecule has 0 aliphatic carbocycles. The number of methoxy groups -OCH3 is 1. The van der Waals surface area contributed by atoms with Crippen LogP contribution in [0, 0.1) is 4.77 Å². The quantitative estimate of drug-likeness (QED) is 0.570. The maximum Gasteiger partial charge on any atom is 0.216 e. The molecule has 116 valence electrons. The number of aromatic hydroxyl groups is 1. The Morgan fingerprint density at radius 1 is 1.22 bits per heavy atom. The third kappa shape index (κ3) is 3.00. The van der Waals surface area contributed by atoms with E-state index in [0.29, 0.717) is 21.9 Å². The lowest BCUT2D eigenvalue weighted by atomic mass is 10.2. The summed E-state index contributed by atoms with van der Waals surface area (Å²) in [6, 6.07) is 14.4. The third-order valence-electron chi connectivity index (χ3n) is 3.25. The van der Waals surface area contributed by atoms with Crippen LogP contribution in [0.25, 0.3) is 11.4 Å². The zero-order chi connectivity index (χ0) is 16.2. The lowest BCUT2D eigenvalue weighted by Crippen LogP contribution is -1.97. The van der Waals surface area contributed by atoms with Crippen LogP contribution in [0.15, 0.2) is 53.6 Å². The van der Waals surface area contributed by atoms with E-state index in [-0.39, 0.29) is 5.75 Å². The first-order valence-corrected chi connectivity index (χ1v) is 7.24. The molecule has 0 amide bonds. The third-order valence-corrected chi connectivity index (χ3v) is 3.51. The van der Waals surface area contributed by atoms with Gasteiger partial charge in [0.05, 0.1) is 18.9 Å². The van der Waals surface area contributed by atoms with Crippen molar-refractivity contribution in [2.75, 3.05) is 7.11 Å². The topological polar surface area (TPSA) is 75.4 Å². The second kappa shape index (κ2) is 6.45. The van der Waals surface area contributed by atoms with Crippen LogP contribution in [0.3, 0.4) is 0 Å². The molecule has 0 radical (unpaired) electrons. The number of aromatic amines is 1. The molecule has 7 heteroatoms. The molecule has 1 aromatic heterocycles. The number of nitrogens with one attached hydrogen (secondary N) is 1. The highest BCUT2D eigenvalue weighted by molar-refractivity contribution is 7.71. The maximum atomic E-state index is 9.81. The van der Waals surface area contributed by atoms with Gasteiger partial charge in [-0.15, -0.1) is 0 Å². The average Bonchev–Trinajstić information content (AvgIpc) is 2.95. The summed E-state index contributed by atoms with van der Waals surface area (Å²) in [5.41, 5.74) is 1.35. The molecule has 3 aromatic rings. The lowest BCUT2D eigenvalue weighted by molar-refractivity contribution is 0.416. The first-order chi connectivity index (χ1) is 11.2. The maximum absolute atomic E-state index is 9.81. The van der Waals surface area contributed by atoms with Gasteiger partial charge in [0, 0.05) is 5.56 Å². The van der Waals surface area contributed by atoms with E-state index in [1.165, 1.54) is 10.9 Å². The van der Waals surface area contributed by atoms with Gasteiger partial charge in [0.2, 0.25) is 4.77 Å². The molecule has 0 saturated carbocycles. The molecule has 2 aromatic carbocycles. The number of rotatable bonds is 4. The van der Waals surface area contributed by atoms with E-state index in [0.717, 1.165) is 5.56 Å². The van der Waals surface area contributed by atoms with Gasteiger partial charge < -0.3 is 9.84 Å². The Morgan fingerprint density at radius 2 is 1.96 bits per heavy atom. The summed E-state index contributed by atoms with van der Waals surface area (Å²) in [6.07, 6.45) is 1.53. The first-order valence-electron chi connectivity index (χ1n) is 6.84. The monoisotopic (exact) mass is 326 g/mol. The normalized spacial score (nSPS) is 11.0. The Bertz CT molecular complexity index is 914. The van der Waals surface area contributed by atoms with Crippen LogP contribution < -0.4 is 4.74 Å². The molecule has 0 saturated heterocycles. The average molecular weight is 326 g/mol. The van der Waals surface area contributed by atoms with Crippen LogP contribution in [0.1, 0.15) is 5.56 Å². The molecule has 1 heterocycles. The van der Waals surface area contributed by atoms with Crippen molar-refractivity contribution in [1.82, 2.24) is 14.9 Å². The summed E-state index contributed by atoms with van der Waals surface area (Å²) >= 11 is 5.23. The minimum atomic E-state index is 0.144. The predicted molar refractivity (Wildman–Crippen MR) is 90.5 cm³/mol. The number of phenolic OH excluding ortho intramolecular Hbond substituents is 1. The summed E-state index contributed by atoms with van der Waals surface area (Å²) in [4.78, 5) is 0. The van der Waals surface area contributed by atoms with Crippen molar-refractivity contribution in [1.29, 1.82) is 0 Å². The van der Waals surface area contributed by atoms with Crippen LogP contribution in [0.4, 0.5) is 0 Å². The summed E-state index contributed by atoms with van der Waals surface area (Å²) in [7, 11) is 1.59. The van der Waals surface area contributed by atoms with Crippen molar-refractivity contribution in [3.8, 4) is 22.9 Å². The Labute approximate surface area is 137 Å². The fourth-order valence-corrected chi connectivity index (χ4v) is 2.30. The summed E-state index contributed by atoms with van der Waals surface area (Å²) in [6.45, 7) is 0. The Kier molecular flexibility index (Phi) is 4.20. The van der Waals surface area contributed by atoms with Crippen molar-refractivity contribution in [3.05, 3.63) is 58.9 Å². The van der Waals surface area contributed by atoms with Crippen LogP contribution >= 0.6 is 12.2 Å². The van der Waals surface area contributed by atoms with E-state index in [4.69, 9.17) is 17.0 Å². The van der Waals surface area contributed by atoms with Gasteiger partial charge in [-0.3, -0.25) is 0 Å². The van der Waals surface area contributed by atoms with Gasteiger partial charge in [0.25, 0.3) is 0 Å². The van der Waals surface area contributed by atoms with Crippen LogP contribution in [0.2, 0.25) is 0 Å². The number of nitrogens with zero attached hydrogens (tertiary/aromatic N) is 3. The summed E-state index contributed by atoms with van der Waals surface area (Å²) in [5.74, 6) is 1.34. The molecule has 0 bridgehead atoms. The second-order valence-electron chi connectivity index (χ2n) is 4.67. The summed E-state index contributed by atoms with van der Waals surface area (Å²) < 4.78 is 7.18. The molecule has 0 unspecified atom stereocenters. The van der Waals surface area contributed by atoms with Gasteiger partial charge in [0.15, 0.2) is 5.82 Å².